The molecule has 1 aliphatic rings. The Morgan fingerprint density at radius 3 is 2.76 bits per heavy atom. The molecule has 136 valence electrons. The van der Waals surface area contributed by atoms with Gasteiger partial charge in [0, 0.05) is 19.3 Å². The number of nitrogens with zero attached hydrogens (tertiary/aromatic N) is 2. The number of carbonyl (C=O) groups is 2. The number of aliphatic hydroxyl groups is 1. The minimum absolute atomic E-state index is 0.0761. The average Bonchev–Trinajstić information content (AvgIpc) is 3.12. The van der Waals surface area contributed by atoms with E-state index in [0.717, 1.165) is 5.56 Å². The van der Waals surface area contributed by atoms with Crippen molar-refractivity contribution >= 4 is 12.3 Å². The van der Waals surface area contributed by atoms with Crippen LogP contribution in [0.3, 0.4) is 0 Å². The van der Waals surface area contributed by atoms with Crippen LogP contribution in [-0.2, 0) is 25.7 Å². The van der Waals surface area contributed by atoms with Gasteiger partial charge >= 0.3 is 0 Å². The smallest absolute Gasteiger partial charge is 0.249 e. The van der Waals surface area contributed by atoms with E-state index in [1.165, 1.54) is 22.1 Å². The first-order valence-corrected chi connectivity index (χ1v) is 8.18. The van der Waals surface area contributed by atoms with Crippen LogP contribution in [0.25, 0.3) is 0 Å². The van der Waals surface area contributed by atoms with Crippen LogP contribution in [-0.4, -0.2) is 59.9 Å². The monoisotopic (exact) mass is 348 g/mol. The molecule has 0 aromatic heterocycles. The van der Waals surface area contributed by atoms with Gasteiger partial charge in [-0.1, -0.05) is 30.3 Å². The molecule has 0 radical (unpaired) electrons. The van der Waals surface area contributed by atoms with Crippen LogP contribution in [0.4, 0.5) is 0 Å². The minimum Gasteiger partial charge on any atom is -0.394 e. The number of hydrogen-bond acceptors (Lipinski definition) is 5. The number of carbonyl (C=O) groups excluding carboxylic acids is 2. The van der Waals surface area contributed by atoms with Crippen molar-refractivity contribution in [3.05, 3.63) is 48.2 Å². The van der Waals surface area contributed by atoms with Crippen LogP contribution in [0.1, 0.15) is 18.4 Å². The summed E-state index contributed by atoms with van der Waals surface area (Å²) in [5, 5.41) is 9.07. The SMILES string of the molecule is CN(COCc1ccccc1)C(=O)/C=C\N(C=O)C1CCC(CO)O1. The Labute approximate surface area is 147 Å². The van der Waals surface area contributed by atoms with E-state index in [2.05, 4.69) is 0 Å². The summed E-state index contributed by atoms with van der Waals surface area (Å²) in [5.74, 6) is -0.281. The van der Waals surface area contributed by atoms with Crippen molar-refractivity contribution in [2.24, 2.45) is 0 Å². The van der Waals surface area contributed by atoms with Gasteiger partial charge in [-0.05, 0) is 18.4 Å². The summed E-state index contributed by atoms with van der Waals surface area (Å²) in [6.45, 7) is 0.486. The molecule has 1 aliphatic heterocycles. The second kappa shape index (κ2) is 9.93. The lowest BCUT2D eigenvalue weighted by molar-refractivity contribution is -0.130. The molecule has 1 aromatic carbocycles. The van der Waals surface area contributed by atoms with Crippen LogP contribution in [0.5, 0.6) is 0 Å². The van der Waals surface area contributed by atoms with Gasteiger partial charge in [0.25, 0.3) is 0 Å². The Bertz CT molecular complexity index is 578. The summed E-state index contributed by atoms with van der Waals surface area (Å²) in [6.07, 6.45) is 3.91. The van der Waals surface area contributed by atoms with Crippen LogP contribution in [0, 0.1) is 0 Å². The molecule has 0 spiro atoms. The molecule has 7 heteroatoms. The number of ether oxygens (including phenoxy) is 2. The Morgan fingerprint density at radius 1 is 1.36 bits per heavy atom. The molecule has 2 rings (SSSR count). The number of amides is 2. The van der Waals surface area contributed by atoms with Crippen LogP contribution in [0.2, 0.25) is 0 Å². The van der Waals surface area contributed by atoms with Gasteiger partial charge in [-0.3, -0.25) is 14.5 Å². The maximum atomic E-state index is 12.1. The molecule has 0 saturated carbocycles. The zero-order valence-corrected chi connectivity index (χ0v) is 14.3. The Balaban J connectivity index is 1.76. The van der Waals surface area contributed by atoms with E-state index in [9.17, 15) is 9.59 Å². The van der Waals surface area contributed by atoms with Crippen molar-refractivity contribution in [3.8, 4) is 0 Å². The lowest BCUT2D eigenvalue weighted by Gasteiger charge is -2.21. The van der Waals surface area contributed by atoms with Gasteiger partial charge in [0.1, 0.15) is 13.0 Å². The second-order valence-electron chi connectivity index (χ2n) is 5.84. The first kappa shape index (κ1) is 19.1. The van der Waals surface area contributed by atoms with Crippen molar-refractivity contribution in [3.63, 3.8) is 0 Å². The molecule has 1 saturated heterocycles. The second-order valence-corrected chi connectivity index (χ2v) is 5.84. The predicted molar refractivity (Wildman–Crippen MR) is 90.9 cm³/mol. The number of benzene rings is 1. The zero-order valence-electron chi connectivity index (χ0n) is 14.3. The highest BCUT2D eigenvalue weighted by Gasteiger charge is 2.28. The lowest BCUT2D eigenvalue weighted by Crippen LogP contribution is -2.32. The highest BCUT2D eigenvalue weighted by molar-refractivity contribution is 5.87. The summed E-state index contributed by atoms with van der Waals surface area (Å²) in [7, 11) is 1.62. The molecular formula is C18H24N2O5. The Morgan fingerprint density at radius 2 is 2.12 bits per heavy atom. The van der Waals surface area contributed by atoms with E-state index in [1.807, 2.05) is 30.3 Å². The first-order chi connectivity index (χ1) is 12.1. The molecule has 1 aromatic rings. The summed E-state index contributed by atoms with van der Waals surface area (Å²) in [6, 6.07) is 9.68. The number of aliphatic hydroxyl groups excluding tert-OH is 1. The van der Waals surface area contributed by atoms with Gasteiger partial charge in [0.15, 0.2) is 0 Å². The van der Waals surface area contributed by atoms with E-state index in [0.29, 0.717) is 25.9 Å². The molecule has 1 heterocycles. The van der Waals surface area contributed by atoms with E-state index in [-0.39, 0.29) is 25.3 Å². The van der Waals surface area contributed by atoms with E-state index >= 15 is 0 Å². The molecule has 1 fully saturated rings. The maximum Gasteiger partial charge on any atom is 0.249 e. The normalized spacial score (nSPS) is 19.9. The molecule has 2 amide bonds. The molecule has 25 heavy (non-hydrogen) atoms. The molecule has 2 atom stereocenters. The fraction of sp³-hybridized carbons (Fsp3) is 0.444. The standard InChI is InChI=1S/C18H24N2O5/c1-19(14-24-12-15-5-3-2-4-6-15)17(23)9-10-20(13-22)18-8-7-16(11-21)25-18/h2-6,9-10,13,16,18,21H,7-8,11-12,14H2,1H3/b10-9-. The van der Waals surface area contributed by atoms with Gasteiger partial charge in [-0.2, -0.15) is 0 Å². The van der Waals surface area contributed by atoms with E-state index < -0.39 is 6.23 Å². The summed E-state index contributed by atoms with van der Waals surface area (Å²) < 4.78 is 11.0. The molecule has 2 unspecified atom stereocenters. The van der Waals surface area contributed by atoms with Crippen molar-refractivity contribution < 1.29 is 24.2 Å². The Kier molecular flexibility index (Phi) is 7.59. The van der Waals surface area contributed by atoms with Crippen LogP contribution < -0.4 is 0 Å². The van der Waals surface area contributed by atoms with Gasteiger partial charge < -0.3 is 19.5 Å². The molecule has 0 aliphatic carbocycles. The third-order valence-corrected chi connectivity index (χ3v) is 3.90. The third-order valence-electron chi connectivity index (χ3n) is 3.90. The van der Waals surface area contributed by atoms with E-state index in [1.54, 1.807) is 7.05 Å². The predicted octanol–water partition coefficient (Wildman–Crippen LogP) is 1.09. The van der Waals surface area contributed by atoms with Crippen molar-refractivity contribution in [1.29, 1.82) is 0 Å². The van der Waals surface area contributed by atoms with Gasteiger partial charge in [0.2, 0.25) is 12.3 Å². The number of likely N-dealkylation sites (N-methyl/N-ethyl adjacent to an activating group) is 1. The Hall–Kier alpha value is -2.22. The van der Waals surface area contributed by atoms with Crippen LogP contribution >= 0.6 is 0 Å². The van der Waals surface area contributed by atoms with Crippen molar-refractivity contribution in [2.75, 3.05) is 20.4 Å². The van der Waals surface area contributed by atoms with Crippen molar-refractivity contribution in [1.82, 2.24) is 9.80 Å². The summed E-state index contributed by atoms with van der Waals surface area (Å²) in [4.78, 5) is 26.0. The highest BCUT2D eigenvalue weighted by atomic mass is 16.5. The highest BCUT2D eigenvalue weighted by Crippen LogP contribution is 2.21. The van der Waals surface area contributed by atoms with E-state index in [4.69, 9.17) is 14.6 Å². The zero-order chi connectivity index (χ0) is 18.1. The fourth-order valence-corrected chi connectivity index (χ4v) is 2.45. The minimum atomic E-state index is -0.446. The maximum absolute atomic E-state index is 12.1. The van der Waals surface area contributed by atoms with Crippen molar-refractivity contribution in [2.45, 2.75) is 31.8 Å². The summed E-state index contributed by atoms with van der Waals surface area (Å²) >= 11 is 0. The quantitative estimate of drug-likeness (QED) is 0.411. The topological polar surface area (TPSA) is 79.3 Å². The largest absolute Gasteiger partial charge is 0.394 e. The molecular weight excluding hydrogens is 324 g/mol. The molecule has 7 nitrogen and oxygen atoms in total. The summed E-state index contributed by atoms with van der Waals surface area (Å²) in [5.41, 5.74) is 1.03. The molecule has 0 bridgehead atoms. The third kappa shape index (κ3) is 5.97. The fourth-order valence-electron chi connectivity index (χ4n) is 2.45. The van der Waals surface area contributed by atoms with Gasteiger partial charge in [-0.15, -0.1) is 0 Å². The van der Waals surface area contributed by atoms with Gasteiger partial charge in [-0.25, -0.2) is 0 Å². The number of rotatable bonds is 9. The molecule has 1 N–H and O–H groups in total. The van der Waals surface area contributed by atoms with Crippen LogP contribution in [0.15, 0.2) is 42.6 Å². The van der Waals surface area contributed by atoms with Gasteiger partial charge in [0.05, 0.1) is 19.3 Å². The average molecular weight is 348 g/mol. The number of hydrogen-bond donors (Lipinski definition) is 1. The first-order valence-electron chi connectivity index (χ1n) is 8.18. The lowest BCUT2D eigenvalue weighted by atomic mass is 10.2.